The fourth-order valence-corrected chi connectivity index (χ4v) is 3.33. The van der Waals surface area contributed by atoms with Gasteiger partial charge in [0.1, 0.15) is 0 Å². The molecule has 1 atom stereocenters. The second-order valence-electron chi connectivity index (χ2n) is 5.32. The van der Waals surface area contributed by atoms with E-state index in [-0.39, 0.29) is 0 Å². The first-order chi connectivity index (χ1) is 9.25. The van der Waals surface area contributed by atoms with Crippen LogP contribution in [0.5, 0.6) is 0 Å². The number of hydrogen-bond donors (Lipinski definition) is 1. The molecule has 1 unspecified atom stereocenters. The van der Waals surface area contributed by atoms with Crippen LogP contribution in [-0.2, 0) is 4.74 Å². The molecule has 2 fully saturated rings. The van der Waals surface area contributed by atoms with Gasteiger partial charge in [-0.3, -0.25) is 9.89 Å². The molecule has 5 nitrogen and oxygen atoms in total. The van der Waals surface area contributed by atoms with E-state index in [1.165, 1.54) is 11.5 Å². The summed E-state index contributed by atoms with van der Waals surface area (Å²) >= 11 is 1.99. The van der Waals surface area contributed by atoms with Crippen LogP contribution >= 0.6 is 11.8 Å². The van der Waals surface area contributed by atoms with Crippen molar-refractivity contribution in [3.05, 3.63) is 0 Å². The molecular formula is C13H26N4OS. The summed E-state index contributed by atoms with van der Waals surface area (Å²) in [6.45, 7) is 10.1. The Balaban J connectivity index is 1.70. The summed E-state index contributed by atoms with van der Waals surface area (Å²) in [5.41, 5.74) is 6.06. The van der Waals surface area contributed by atoms with Crippen molar-refractivity contribution < 1.29 is 4.74 Å². The minimum atomic E-state index is 0.552. The van der Waals surface area contributed by atoms with E-state index in [2.05, 4.69) is 21.7 Å². The predicted octanol–water partition coefficient (Wildman–Crippen LogP) is 0.318. The summed E-state index contributed by atoms with van der Waals surface area (Å²) in [5.74, 6) is 3.61. The third-order valence-corrected chi connectivity index (χ3v) is 4.52. The molecule has 6 heteroatoms. The lowest BCUT2D eigenvalue weighted by Crippen LogP contribution is -2.43. The molecule has 2 aliphatic heterocycles. The molecule has 0 amide bonds. The van der Waals surface area contributed by atoms with Crippen LogP contribution < -0.4 is 5.73 Å². The minimum Gasteiger partial charge on any atom is -0.379 e. The molecule has 2 heterocycles. The Hall–Kier alpha value is -0.460. The third kappa shape index (κ3) is 5.20. The van der Waals surface area contributed by atoms with Crippen molar-refractivity contribution in [3.8, 4) is 0 Å². The summed E-state index contributed by atoms with van der Waals surface area (Å²) < 4.78 is 5.36. The Kier molecular flexibility index (Phi) is 6.26. The van der Waals surface area contributed by atoms with Gasteiger partial charge in [-0.25, -0.2) is 0 Å². The fourth-order valence-electron chi connectivity index (χ4n) is 2.42. The summed E-state index contributed by atoms with van der Waals surface area (Å²) in [5, 5.41) is 0. The van der Waals surface area contributed by atoms with Gasteiger partial charge in [-0.05, 0) is 5.92 Å². The van der Waals surface area contributed by atoms with E-state index in [4.69, 9.17) is 10.5 Å². The van der Waals surface area contributed by atoms with E-state index in [0.717, 1.165) is 58.4 Å². The lowest BCUT2D eigenvalue weighted by molar-refractivity contribution is 0.0323. The summed E-state index contributed by atoms with van der Waals surface area (Å²) in [4.78, 5) is 9.23. The average molecular weight is 286 g/mol. The fraction of sp³-hybridized carbons (Fsp3) is 0.923. The monoisotopic (exact) mass is 286 g/mol. The lowest BCUT2D eigenvalue weighted by Gasteiger charge is -2.29. The van der Waals surface area contributed by atoms with E-state index >= 15 is 0 Å². The molecule has 0 spiro atoms. The van der Waals surface area contributed by atoms with Crippen LogP contribution in [0.3, 0.4) is 0 Å². The van der Waals surface area contributed by atoms with E-state index < -0.39 is 0 Å². The number of aliphatic imine (C=N–C) groups is 1. The van der Waals surface area contributed by atoms with Crippen LogP contribution in [0.1, 0.15) is 6.92 Å². The molecule has 2 N–H and O–H groups in total. The number of thioether (sulfide) groups is 1. The first-order valence-corrected chi connectivity index (χ1v) is 8.34. The highest BCUT2D eigenvalue weighted by Gasteiger charge is 2.15. The Labute approximate surface area is 120 Å². The van der Waals surface area contributed by atoms with Crippen molar-refractivity contribution in [1.82, 2.24) is 9.80 Å². The standard InChI is InChI=1S/C13H26N4OS/c1-12(11-16-2-6-18-7-3-16)10-15-13(14)17-4-8-19-9-5-17/h12H,2-11H2,1H3,(H2,14,15). The highest BCUT2D eigenvalue weighted by atomic mass is 32.2. The maximum absolute atomic E-state index is 6.06. The van der Waals surface area contributed by atoms with E-state index in [1.54, 1.807) is 0 Å². The quantitative estimate of drug-likeness (QED) is 0.596. The van der Waals surface area contributed by atoms with Crippen LogP contribution in [0, 0.1) is 5.92 Å². The number of morpholine rings is 1. The molecule has 0 radical (unpaired) electrons. The Morgan fingerprint density at radius 1 is 1.26 bits per heavy atom. The van der Waals surface area contributed by atoms with E-state index in [0.29, 0.717) is 5.92 Å². The molecule has 110 valence electrons. The number of hydrogen-bond acceptors (Lipinski definition) is 4. The van der Waals surface area contributed by atoms with Gasteiger partial charge in [-0.2, -0.15) is 11.8 Å². The molecule has 19 heavy (non-hydrogen) atoms. The van der Waals surface area contributed by atoms with Gasteiger partial charge in [0.25, 0.3) is 0 Å². The van der Waals surface area contributed by atoms with E-state index in [9.17, 15) is 0 Å². The highest BCUT2D eigenvalue weighted by molar-refractivity contribution is 7.99. The first kappa shape index (κ1) is 14.9. The summed E-state index contributed by atoms with van der Waals surface area (Å²) in [6, 6.07) is 0. The molecule has 0 aliphatic carbocycles. The molecule has 0 bridgehead atoms. The Morgan fingerprint density at radius 3 is 2.63 bits per heavy atom. The number of rotatable bonds is 4. The van der Waals surface area contributed by atoms with Gasteiger partial charge in [-0.1, -0.05) is 6.92 Å². The maximum Gasteiger partial charge on any atom is 0.191 e. The van der Waals surface area contributed by atoms with Gasteiger partial charge >= 0.3 is 0 Å². The smallest absolute Gasteiger partial charge is 0.191 e. The Morgan fingerprint density at radius 2 is 1.95 bits per heavy atom. The molecular weight excluding hydrogens is 260 g/mol. The Bertz CT molecular complexity index is 288. The molecule has 2 aliphatic rings. The summed E-state index contributed by atoms with van der Waals surface area (Å²) in [7, 11) is 0. The predicted molar refractivity (Wildman–Crippen MR) is 81.8 cm³/mol. The van der Waals surface area contributed by atoms with Crippen LogP contribution in [0.25, 0.3) is 0 Å². The zero-order valence-corrected chi connectivity index (χ0v) is 12.7. The highest BCUT2D eigenvalue weighted by Crippen LogP contribution is 2.09. The van der Waals surface area contributed by atoms with Gasteiger partial charge in [0.15, 0.2) is 5.96 Å². The van der Waals surface area contributed by atoms with Gasteiger partial charge in [0, 0.05) is 50.8 Å². The van der Waals surface area contributed by atoms with Crippen molar-refractivity contribution in [1.29, 1.82) is 0 Å². The molecule has 0 saturated carbocycles. The molecule has 0 aromatic rings. The topological polar surface area (TPSA) is 54.1 Å². The second kappa shape index (κ2) is 7.97. The molecule has 0 aromatic heterocycles. The van der Waals surface area contributed by atoms with Crippen molar-refractivity contribution >= 4 is 17.7 Å². The van der Waals surface area contributed by atoms with Crippen molar-refractivity contribution in [2.75, 3.05) is 64.0 Å². The SMILES string of the molecule is CC(CN=C(N)N1CCSCC1)CN1CCOCC1. The number of nitrogens with two attached hydrogens (primary N) is 1. The van der Waals surface area contributed by atoms with Crippen LogP contribution in [-0.4, -0.2) is 79.7 Å². The van der Waals surface area contributed by atoms with Crippen molar-refractivity contribution in [3.63, 3.8) is 0 Å². The maximum atomic E-state index is 6.06. The van der Waals surface area contributed by atoms with Gasteiger partial charge in [-0.15, -0.1) is 0 Å². The van der Waals surface area contributed by atoms with Crippen molar-refractivity contribution in [2.24, 2.45) is 16.6 Å². The minimum absolute atomic E-state index is 0.552. The number of ether oxygens (including phenoxy) is 1. The van der Waals surface area contributed by atoms with Crippen LogP contribution in [0.2, 0.25) is 0 Å². The largest absolute Gasteiger partial charge is 0.379 e. The van der Waals surface area contributed by atoms with Gasteiger partial charge < -0.3 is 15.4 Å². The van der Waals surface area contributed by atoms with Gasteiger partial charge in [0.05, 0.1) is 13.2 Å². The van der Waals surface area contributed by atoms with Gasteiger partial charge in [0.2, 0.25) is 0 Å². The van der Waals surface area contributed by atoms with E-state index in [1.807, 2.05) is 11.8 Å². The first-order valence-electron chi connectivity index (χ1n) is 7.18. The second-order valence-corrected chi connectivity index (χ2v) is 6.54. The van der Waals surface area contributed by atoms with Crippen LogP contribution in [0.15, 0.2) is 4.99 Å². The molecule has 2 rings (SSSR count). The van der Waals surface area contributed by atoms with Crippen LogP contribution in [0.4, 0.5) is 0 Å². The summed E-state index contributed by atoms with van der Waals surface area (Å²) in [6.07, 6.45) is 0. The zero-order chi connectivity index (χ0) is 13.5. The molecule has 0 aromatic carbocycles. The average Bonchev–Trinajstić information content (AvgIpc) is 2.47. The third-order valence-electron chi connectivity index (χ3n) is 3.57. The number of guanidine groups is 1. The zero-order valence-electron chi connectivity index (χ0n) is 11.9. The normalized spacial score (nSPS) is 24.5. The lowest BCUT2D eigenvalue weighted by atomic mass is 10.1. The molecule has 2 saturated heterocycles. The van der Waals surface area contributed by atoms with Crippen molar-refractivity contribution in [2.45, 2.75) is 6.92 Å². The number of nitrogens with zero attached hydrogens (tertiary/aromatic N) is 3.